The first-order chi connectivity index (χ1) is 9.60. The van der Waals surface area contributed by atoms with Gasteiger partial charge in [0, 0.05) is 19.0 Å². The summed E-state index contributed by atoms with van der Waals surface area (Å²) in [6.45, 7) is 2.13. The van der Waals surface area contributed by atoms with E-state index in [4.69, 9.17) is 16.3 Å². The SMILES string of the molecule is CCOC(=O)c1ccc(SCc2cc(Cl)n(C)n2)nc1. The fourth-order valence-corrected chi connectivity index (χ4v) is 2.41. The van der Waals surface area contributed by atoms with Crippen molar-refractivity contribution in [2.75, 3.05) is 6.61 Å². The first-order valence-corrected chi connectivity index (χ1v) is 7.41. The number of ether oxygens (including phenoxy) is 1. The monoisotopic (exact) mass is 311 g/mol. The van der Waals surface area contributed by atoms with E-state index in [2.05, 4.69) is 10.1 Å². The summed E-state index contributed by atoms with van der Waals surface area (Å²) in [5.74, 6) is 0.319. The molecule has 7 heteroatoms. The first kappa shape index (κ1) is 14.9. The minimum Gasteiger partial charge on any atom is -0.462 e. The Morgan fingerprint density at radius 1 is 1.50 bits per heavy atom. The highest BCUT2D eigenvalue weighted by atomic mass is 35.5. The molecule has 0 atom stereocenters. The van der Waals surface area contributed by atoms with Gasteiger partial charge in [0.2, 0.25) is 0 Å². The molecule has 106 valence electrons. The number of esters is 1. The molecule has 0 aliphatic heterocycles. The van der Waals surface area contributed by atoms with Gasteiger partial charge in [0.1, 0.15) is 5.15 Å². The zero-order valence-corrected chi connectivity index (χ0v) is 12.7. The van der Waals surface area contributed by atoms with Crippen LogP contribution in [-0.4, -0.2) is 27.3 Å². The first-order valence-electron chi connectivity index (χ1n) is 6.04. The fraction of sp³-hybridized carbons (Fsp3) is 0.308. The number of hydrogen-bond donors (Lipinski definition) is 0. The van der Waals surface area contributed by atoms with E-state index in [9.17, 15) is 4.79 Å². The Morgan fingerprint density at radius 2 is 2.30 bits per heavy atom. The number of pyridine rings is 1. The number of nitrogens with zero attached hydrogens (tertiary/aromatic N) is 3. The van der Waals surface area contributed by atoms with Crippen LogP contribution >= 0.6 is 23.4 Å². The number of carbonyl (C=O) groups is 1. The van der Waals surface area contributed by atoms with Crippen molar-refractivity contribution in [2.24, 2.45) is 7.05 Å². The van der Waals surface area contributed by atoms with Crippen molar-refractivity contribution in [2.45, 2.75) is 17.7 Å². The van der Waals surface area contributed by atoms with Gasteiger partial charge in [0.15, 0.2) is 0 Å². The summed E-state index contributed by atoms with van der Waals surface area (Å²) in [7, 11) is 1.79. The van der Waals surface area contributed by atoms with E-state index in [1.165, 1.54) is 18.0 Å². The number of thioether (sulfide) groups is 1. The Balaban J connectivity index is 1.95. The zero-order chi connectivity index (χ0) is 14.5. The number of aryl methyl sites for hydroxylation is 1. The highest BCUT2D eigenvalue weighted by Crippen LogP contribution is 2.21. The van der Waals surface area contributed by atoms with E-state index in [0.717, 1.165) is 10.7 Å². The van der Waals surface area contributed by atoms with Crippen LogP contribution in [0.5, 0.6) is 0 Å². The molecule has 0 N–H and O–H groups in total. The second-order valence-electron chi connectivity index (χ2n) is 3.98. The van der Waals surface area contributed by atoms with E-state index in [1.54, 1.807) is 30.8 Å². The molecule has 0 radical (unpaired) electrons. The lowest BCUT2D eigenvalue weighted by Gasteiger charge is -2.02. The van der Waals surface area contributed by atoms with E-state index in [-0.39, 0.29) is 5.97 Å². The summed E-state index contributed by atoms with van der Waals surface area (Å²) in [4.78, 5) is 15.7. The highest BCUT2D eigenvalue weighted by Gasteiger charge is 2.08. The smallest absolute Gasteiger partial charge is 0.339 e. The van der Waals surface area contributed by atoms with Crippen LogP contribution in [0.4, 0.5) is 0 Å². The van der Waals surface area contributed by atoms with Crippen LogP contribution in [0.2, 0.25) is 5.15 Å². The third-order valence-electron chi connectivity index (χ3n) is 2.49. The Hall–Kier alpha value is -1.53. The van der Waals surface area contributed by atoms with Gasteiger partial charge in [-0.2, -0.15) is 5.10 Å². The van der Waals surface area contributed by atoms with Crippen LogP contribution in [0.1, 0.15) is 23.0 Å². The molecule has 5 nitrogen and oxygen atoms in total. The number of halogens is 1. The van der Waals surface area contributed by atoms with Crippen molar-refractivity contribution in [3.8, 4) is 0 Å². The van der Waals surface area contributed by atoms with E-state index >= 15 is 0 Å². The number of carbonyl (C=O) groups excluding carboxylic acids is 1. The van der Waals surface area contributed by atoms with Crippen LogP contribution in [0.25, 0.3) is 0 Å². The van der Waals surface area contributed by atoms with Gasteiger partial charge in [-0.3, -0.25) is 4.68 Å². The Labute approximate surface area is 126 Å². The van der Waals surface area contributed by atoms with E-state index in [0.29, 0.717) is 23.1 Å². The Kier molecular flexibility index (Phi) is 5.03. The summed E-state index contributed by atoms with van der Waals surface area (Å²) >= 11 is 7.45. The quantitative estimate of drug-likeness (QED) is 0.627. The fourth-order valence-electron chi connectivity index (χ4n) is 1.52. The van der Waals surface area contributed by atoms with Crippen LogP contribution in [0.15, 0.2) is 29.4 Å². The molecule has 0 aliphatic carbocycles. The van der Waals surface area contributed by atoms with Crippen LogP contribution in [-0.2, 0) is 17.5 Å². The molecule has 0 aliphatic rings. The molecule has 0 saturated carbocycles. The van der Waals surface area contributed by atoms with Crippen LogP contribution < -0.4 is 0 Å². The maximum Gasteiger partial charge on any atom is 0.339 e. The molecule has 2 aromatic heterocycles. The summed E-state index contributed by atoms with van der Waals surface area (Å²) in [5.41, 5.74) is 1.34. The van der Waals surface area contributed by atoms with Gasteiger partial charge in [0.25, 0.3) is 0 Å². The topological polar surface area (TPSA) is 57.0 Å². The Morgan fingerprint density at radius 3 is 2.85 bits per heavy atom. The van der Waals surface area contributed by atoms with E-state index < -0.39 is 0 Å². The molecule has 2 aromatic rings. The van der Waals surface area contributed by atoms with Crippen molar-refractivity contribution < 1.29 is 9.53 Å². The van der Waals surface area contributed by atoms with Crippen LogP contribution in [0.3, 0.4) is 0 Å². The number of aromatic nitrogens is 3. The Bertz CT molecular complexity index is 579. The second kappa shape index (κ2) is 6.76. The van der Waals surface area contributed by atoms with Gasteiger partial charge in [-0.15, -0.1) is 0 Å². The molecule has 0 unspecified atom stereocenters. The lowest BCUT2D eigenvalue weighted by Crippen LogP contribution is -2.04. The van der Waals surface area contributed by atoms with Gasteiger partial charge in [-0.25, -0.2) is 9.78 Å². The molecular weight excluding hydrogens is 298 g/mol. The van der Waals surface area contributed by atoms with Gasteiger partial charge >= 0.3 is 5.97 Å². The molecule has 0 spiro atoms. The zero-order valence-electron chi connectivity index (χ0n) is 11.2. The van der Waals surface area contributed by atoms with Crippen molar-refractivity contribution in [1.29, 1.82) is 0 Å². The predicted octanol–water partition coefficient (Wildman–Crippen LogP) is 2.94. The molecule has 0 aromatic carbocycles. The van der Waals surface area contributed by atoms with Crippen molar-refractivity contribution >= 4 is 29.3 Å². The van der Waals surface area contributed by atoms with Gasteiger partial charge in [0.05, 0.1) is 22.9 Å². The summed E-state index contributed by atoms with van der Waals surface area (Å²) < 4.78 is 6.52. The van der Waals surface area contributed by atoms with Gasteiger partial charge in [-0.1, -0.05) is 23.4 Å². The molecule has 0 saturated heterocycles. The summed E-state index contributed by atoms with van der Waals surface area (Å²) in [5, 5.41) is 5.68. The predicted molar refractivity (Wildman–Crippen MR) is 78.0 cm³/mol. The van der Waals surface area contributed by atoms with Crippen LogP contribution in [0, 0.1) is 0 Å². The van der Waals surface area contributed by atoms with Gasteiger partial charge < -0.3 is 4.74 Å². The summed E-state index contributed by atoms with van der Waals surface area (Å²) in [6.07, 6.45) is 1.52. The molecule has 20 heavy (non-hydrogen) atoms. The number of rotatable bonds is 5. The van der Waals surface area contributed by atoms with Gasteiger partial charge in [-0.05, 0) is 25.1 Å². The minimum absolute atomic E-state index is 0.354. The summed E-state index contributed by atoms with van der Waals surface area (Å²) in [6, 6.07) is 5.32. The molecule has 0 amide bonds. The molecule has 2 heterocycles. The number of hydrogen-bond acceptors (Lipinski definition) is 5. The average Bonchev–Trinajstić information content (AvgIpc) is 2.76. The van der Waals surface area contributed by atoms with Crippen molar-refractivity contribution in [3.05, 3.63) is 40.8 Å². The molecule has 0 bridgehead atoms. The van der Waals surface area contributed by atoms with E-state index in [1.807, 2.05) is 6.07 Å². The molecule has 0 fully saturated rings. The average molecular weight is 312 g/mol. The van der Waals surface area contributed by atoms with Crippen molar-refractivity contribution in [3.63, 3.8) is 0 Å². The third kappa shape index (κ3) is 3.74. The maximum atomic E-state index is 11.5. The maximum absolute atomic E-state index is 11.5. The normalized spacial score (nSPS) is 10.6. The van der Waals surface area contributed by atoms with Crippen molar-refractivity contribution in [1.82, 2.24) is 14.8 Å². The lowest BCUT2D eigenvalue weighted by atomic mass is 10.3. The molecular formula is C13H14ClN3O2S. The minimum atomic E-state index is -0.354. The largest absolute Gasteiger partial charge is 0.462 e. The lowest BCUT2D eigenvalue weighted by molar-refractivity contribution is 0.0525. The second-order valence-corrected chi connectivity index (χ2v) is 5.36. The molecule has 2 rings (SSSR count). The highest BCUT2D eigenvalue weighted by molar-refractivity contribution is 7.98. The third-order valence-corrected chi connectivity index (χ3v) is 3.82. The standard InChI is InChI=1S/C13H14ClN3O2S/c1-3-19-13(18)9-4-5-12(15-7-9)20-8-10-6-11(14)17(2)16-10/h4-7H,3,8H2,1-2H3.